The number of hydrogen-bond acceptors (Lipinski definition) is 5. The monoisotopic (exact) mass is 534 g/mol. The summed E-state index contributed by atoms with van der Waals surface area (Å²) in [5.74, 6) is 2.44. The van der Waals surface area contributed by atoms with Crippen molar-refractivity contribution in [2.75, 3.05) is 12.0 Å². The van der Waals surface area contributed by atoms with E-state index in [0.717, 1.165) is 34.3 Å². The molecule has 0 bridgehead atoms. The van der Waals surface area contributed by atoms with Gasteiger partial charge in [-0.1, -0.05) is 6.07 Å². The Morgan fingerprint density at radius 3 is 2.13 bits per heavy atom. The van der Waals surface area contributed by atoms with Gasteiger partial charge in [-0.2, -0.15) is 0 Å². The largest absolute Gasteiger partial charge is 0.508 e. The van der Waals surface area contributed by atoms with Crippen molar-refractivity contribution in [2.45, 2.75) is 12.1 Å². The van der Waals surface area contributed by atoms with Crippen molar-refractivity contribution in [3.63, 3.8) is 0 Å². The zero-order valence-corrected chi connectivity index (χ0v) is 22.0. The minimum atomic E-state index is -0.190. The van der Waals surface area contributed by atoms with Gasteiger partial charge in [0.25, 0.3) is 0 Å². The number of nitrogens with one attached hydrogen (secondary N) is 1. The number of aromatic nitrogens is 2. The van der Waals surface area contributed by atoms with Crippen molar-refractivity contribution in [2.24, 2.45) is 0 Å². The van der Waals surface area contributed by atoms with Crippen molar-refractivity contribution >= 4 is 23.0 Å². The van der Waals surface area contributed by atoms with Crippen LogP contribution in [0.15, 0.2) is 116 Å². The molecule has 3 aromatic carbocycles. The van der Waals surface area contributed by atoms with Crippen LogP contribution in [0.1, 0.15) is 23.5 Å². The van der Waals surface area contributed by atoms with Crippen molar-refractivity contribution < 1.29 is 14.6 Å². The number of phenols is 1. The van der Waals surface area contributed by atoms with Crippen molar-refractivity contribution in [3.8, 4) is 28.7 Å². The molecule has 194 valence electrons. The lowest BCUT2D eigenvalue weighted by Gasteiger charge is -2.29. The first-order valence-corrected chi connectivity index (χ1v) is 12.9. The average molecular weight is 535 g/mol. The Morgan fingerprint density at radius 1 is 0.795 bits per heavy atom. The van der Waals surface area contributed by atoms with Crippen LogP contribution >= 0.6 is 12.2 Å². The highest BCUT2D eigenvalue weighted by Gasteiger charge is 2.42. The standard InChI is InChI=1S/C31H26N4O3S/c1-37-24-15-17-26(18-16-24)38-25-13-9-22(10-14-25)35-30(29(33-31(35)39)27-5-2-3-19-32-27)28-6-4-20-34(28)21-7-11-23(36)12-8-21/h2-20,29-30,36H,1H3,(H,33,39)/t29-,30-/m1/s1. The topological polar surface area (TPSA) is 71.8 Å². The summed E-state index contributed by atoms with van der Waals surface area (Å²) < 4.78 is 13.4. The van der Waals surface area contributed by atoms with E-state index in [1.165, 1.54) is 0 Å². The van der Waals surface area contributed by atoms with E-state index in [-0.39, 0.29) is 17.8 Å². The van der Waals surface area contributed by atoms with Crippen LogP contribution in [-0.2, 0) is 0 Å². The molecule has 2 aromatic heterocycles. The first-order valence-electron chi connectivity index (χ1n) is 12.5. The number of anilines is 1. The third kappa shape index (κ3) is 4.89. The van der Waals surface area contributed by atoms with E-state index in [9.17, 15) is 5.11 Å². The second kappa shape index (κ2) is 10.5. The van der Waals surface area contributed by atoms with E-state index in [1.54, 1.807) is 25.4 Å². The average Bonchev–Trinajstić information content (AvgIpc) is 3.59. The highest BCUT2D eigenvalue weighted by atomic mass is 32.1. The molecule has 2 N–H and O–H groups in total. The maximum Gasteiger partial charge on any atom is 0.174 e. The number of hydrogen-bond donors (Lipinski definition) is 2. The number of benzene rings is 3. The molecular formula is C31H26N4O3S. The first-order chi connectivity index (χ1) is 19.1. The number of aromatic hydroxyl groups is 1. The normalized spacial score (nSPS) is 16.6. The summed E-state index contributed by atoms with van der Waals surface area (Å²) in [6.45, 7) is 0. The number of ether oxygens (including phenoxy) is 2. The number of pyridine rings is 1. The molecule has 1 aliphatic rings. The van der Waals surface area contributed by atoms with Gasteiger partial charge >= 0.3 is 0 Å². The fraction of sp³-hybridized carbons (Fsp3) is 0.0968. The smallest absolute Gasteiger partial charge is 0.174 e. The van der Waals surface area contributed by atoms with Gasteiger partial charge in [0, 0.05) is 29.5 Å². The summed E-state index contributed by atoms with van der Waals surface area (Å²) in [4.78, 5) is 6.77. The Bertz CT molecular complexity index is 1570. The second-order valence-electron chi connectivity index (χ2n) is 9.09. The van der Waals surface area contributed by atoms with Gasteiger partial charge in [0.05, 0.1) is 18.8 Å². The Morgan fingerprint density at radius 2 is 1.46 bits per heavy atom. The highest BCUT2D eigenvalue weighted by molar-refractivity contribution is 7.80. The zero-order chi connectivity index (χ0) is 26.8. The minimum absolute atomic E-state index is 0.181. The van der Waals surface area contributed by atoms with Gasteiger partial charge in [0.2, 0.25) is 0 Å². The molecule has 5 aromatic rings. The maximum atomic E-state index is 9.82. The molecule has 1 fully saturated rings. The third-order valence-corrected chi connectivity index (χ3v) is 7.03. The van der Waals surface area contributed by atoms with E-state index in [1.807, 2.05) is 91.1 Å². The minimum Gasteiger partial charge on any atom is -0.508 e. The molecule has 0 amide bonds. The second-order valence-corrected chi connectivity index (χ2v) is 9.47. The van der Waals surface area contributed by atoms with Crippen LogP contribution in [-0.4, -0.2) is 26.9 Å². The van der Waals surface area contributed by atoms with Gasteiger partial charge in [-0.15, -0.1) is 0 Å². The number of thiocarbonyl (C=S) groups is 1. The Hall–Kier alpha value is -4.82. The van der Waals surface area contributed by atoms with Gasteiger partial charge in [0.15, 0.2) is 5.11 Å². The van der Waals surface area contributed by atoms with Crippen LogP contribution in [0.4, 0.5) is 5.69 Å². The van der Waals surface area contributed by atoms with Crippen molar-refractivity contribution in [1.82, 2.24) is 14.9 Å². The Kier molecular flexibility index (Phi) is 6.61. The summed E-state index contributed by atoms with van der Waals surface area (Å²) in [6.07, 6.45) is 3.81. The molecule has 0 unspecified atom stereocenters. The molecule has 2 atom stereocenters. The van der Waals surface area contributed by atoms with E-state index in [4.69, 9.17) is 21.7 Å². The lowest BCUT2D eigenvalue weighted by atomic mass is 10.0. The zero-order valence-electron chi connectivity index (χ0n) is 21.1. The molecular weight excluding hydrogens is 508 g/mol. The molecule has 0 radical (unpaired) electrons. The molecule has 0 spiro atoms. The van der Waals surface area contributed by atoms with Gasteiger partial charge in [-0.25, -0.2) is 0 Å². The predicted molar refractivity (Wildman–Crippen MR) is 155 cm³/mol. The summed E-state index contributed by atoms with van der Waals surface area (Å²) >= 11 is 5.89. The highest BCUT2D eigenvalue weighted by Crippen LogP contribution is 2.42. The van der Waals surface area contributed by atoms with Crippen LogP contribution in [0.5, 0.6) is 23.0 Å². The Balaban J connectivity index is 1.36. The molecule has 0 saturated carbocycles. The maximum absolute atomic E-state index is 9.82. The van der Waals surface area contributed by atoms with Crippen LogP contribution < -0.4 is 19.7 Å². The molecule has 6 rings (SSSR count). The van der Waals surface area contributed by atoms with Crippen molar-refractivity contribution in [3.05, 3.63) is 127 Å². The van der Waals surface area contributed by atoms with Crippen LogP contribution in [0.2, 0.25) is 0 Å². The third-order valence-electron chi connectivity index (χ3n) is 6.72. The Labute approximate surface area is 231 Å². The number of rotatable bonds is 7. The summed E-state index contributed by atoms with van der Waals surface area (Å²) in [6, 6.07) is 32.2. The SMILES string of the molecule is COc1ccc(Oc2ccc(N3C(=S)N[C@H](c4ccccn4)[C@H]3c3cccn3-c3ccc(O)cc3)cc2)cc1. The van der Waals surface area contributed by atoms with Crippen LogP contribution in [0.25, 0.3) is 5.69 Å². The van der Waals surface area contributed by atoms with E-state index in [0.29, 0.717) is 10.9 Å². The van der Waals surface area contributed by atoms with Crippen LogP contribution in [0.3, 0.4) is 0 Å². The van der Waals surface area contributed by atoms with E-state index >= 15 is 0 Å². The van der Waals surface area contributed by atoms with E-state index in [2.05, 4.69) is 25.8 Å². The fourth-order valence-corrected chi connectivity index (χ4v) is 5.22. The van der Waals surface area contributed by atoms with Crippen LogP contribution in [0, 0.1) is 0 Å². The lowest BCUT2D eigenvalue weighted by molar-refractivity contribution is 0.413. The lowest BCUT2D eigenvalue weighted by Crippen LogP contribution is -2.30. The molecule has 3 heterocycles. The summed E-state index contributed by atoms with van der Waals surface area (Å²) in [5.41, 5.74) is 3.79. The molecule has 7 nitrogen and oxygen atoms in total. The fourth-order valence-electron chi connectivity index (χ4n) is 4.87. The number of phenolic OH excluding ortho intramolecular Hbond substituents is 1. The van der Waals surface area contributed by atoms with E-state index < -0.39 is 0 Å². The number of methoxy groups -OCH3 is 1. The number of nitrogens with zero attached hydrogens (tertiary/aromatic N) is 3. The summed E-state index contributed by atoms with van der Waals surface area (Å²) in [7, 11) is 1.64. The van der Waals surface area contributed by atoms with Gasteiger partial charge in [0.1, 0.15) is 29.0 Å². The first kappa shape index (κ1) is 24.5. The summed E-state index contributed by atoms with van der Waals surface area (Å²) in [5, 5.41) is 13.9. The van der Waals surface area contributed by atoms with Gasteiger partial charge in [-0.3, -0.25) is 4.98 Å². The molecule has 8 heteroatoms. The molecule has 0 aliphatic carbocycles. The van der Waals surface area contributed by atoms with Gasteiger partial charge in [-0.05, 0) is 109 Å². The molecule has 1 aliphatic heterocycles. The molecule has 39 heavy (non-hydrogen) atoms. The molecule has 1 saturated heterocycles. The van der Waals surface area contributed by atoms with Gasteiger partial charge < -0.3 is 29.4 Å². The van der Waals surface area contributed by atoms with Crippen molar-refractivity contribution in [1.29, 1.82) is 0 Å². The quantitative estimate of drug-likeness (QED) is 0.229. The predicted octanol–water partition coefficient (Wildman–Crippen LogP) is 6.56.